The number of allylic oxidation sites excluding steroid dienone is 4. The molecule has 1 aliphatic carbocycles. The molecule has 0 fully saturated rings. The maximum absolute atomic E-state index is 4.37. The van der Waals surface area contributed by atoms with E-state index in [1.807, 2.05) is 6.20 Å². The predicted octanol–water partition coefficient (Wildman–Crippen LogP) is 9.97. The fourth-order valence-electron chi connectivity index (χ4n) is 5.84. The molecule has 4 rings (SSSR count). The fraction of sp³-hybridized carbons (Fsp3) is 0.324. The Bertz CT molecular complexity index is 1430. The lowest BCUT2D eigenvalue weighted by Crippen LogP contribution is -2.28. The van der Waals surface area contributed by atoms with Gasteiger partial charge in [0.2, 0.25) is 0 Å². The lowest BCUT2D eigenvalue weighted by molar-refractivity contribution is 0.443. The minimum atomic E-state index is 0.367. The molecule has 0 aliphatic heterocycles. The molecule has 1 aliphatic rings. The smallest absolute Gasteiger partial charge is 0.0632 e. The van der Waals surface area contributed by atoms with E-state index in [2.05, 4.69) is 145 Å². The average Bonchev–Trinajstić information content (AvgIpc) is 2.92. The van der Waals surface area contributed by atoms with Gasteiger partial charge in [-0.05, 0) is 108 Å². The second-order valence-electron chi connectivity index (χ2n) is 11.6. The zero-order valence-electron chi connectivity index (χ0n) is 25.0. The molecule has 1 unspecified atom stereocenters. The van der Waals surface area contributed by atoms with E-state index in [4.69, 9.17) is 0 Å². The second kappa shape index (κ2) is 12.0. The molecule has 0 saturated carbocycles. The number of hydrogen-bond acceptors (Lipinski definition) is 2. The van der Waals surface area contributed by atoms with E-state index in [1.54, 1.807) is 0 Å². The molecule has 3 aromatic carbocycles. The molecule has 0 bridgehead atoms. The highest BCUT2D eigenvalue weighted by Gasteiger charge is 2.32. The molecule has 202 valence electrons. The molecule has 0 saturated heterocycles. The first-order chi connectivity index (χ1) is 18.6. The molecule has 1 atom stereocenters. The number of benzene rings is 3. The molecular formula is C37H44N2. The number of nitrogens with zero attached hydrogens (tertiary/aromatic N) is 2. The van der Waals surface area contributed by atoms with Gasteiger partial charge in [-0.2, -0.15) is 0 Å². The van der Waals surface area contributed by atoms with Crippen LogP contribution in [0.4, 0.5) is 5.69 Å². The minimum absolute atomic E-state index is 0.367. The van der Waals surface area contributed by atoms with Crippen LogP contribution in [0.25, 0.3) is 16.7 Å². The van der Waals surface area contributed by atoms with E-state index in [-0.39, 0.29) is 0 Å². The number of rotatable bonds is 8. The van der Waals surface area contributed by atoms with E-state index in [0.29, 0.717) is 17.8 Å². The summed E-state index contributed by atoms with van der Waals surface area (Å²) in [6.07, 6.45) is 5.43. The van der Waals surface area contributed by atoms with Gasteiger partial charge >= 0.3 is 0 Å². The number of anilines is 1. The summed E-state index contributed by atoms with van der Waals surface area (Å²) in [6.45, 7) is 19.8. The Morgan fingerprint density at radius 2 is 1.51 bits per heavy atom. The molecule has 3 aromatic rings. The summed E-state index contributed by atoms with van der Waals surface area (Å²) in [6, 6.07) is 24.2. The van der Waals surface area contributed by atoms with E-state index in [9.17, 15) is 0 Å². The number of likely N-dealkylation sites (N-methyl/N-ethyl adjacent to an activating group) is 1. The third kappa shape index (κ3) is 5.86. The third-order valence-electron chi connectivity index (χ3n) is 8.28. The number of hydrogen-bond donors (Lipinski definition) is 0. The van der Waals surface area contributed by atoms with Crippen LogP contribution < -0.4 is 4.90 Å². The maximum Gasteiger partial charge on any atom is 0.0632 e. The van der Waals surface area contributed by atoms with E-state index < -0.39 is 0 Å². The predicted molar refractivity (Wildman–Crippen MR) is 171 cm³/mol. The topological polar surface area (TPSA) is 15.6 Å². The van der Waals surface area contributed by atoms with Crippen molar-refractivity contribution >= 4 is 18.0 Å². The minimum Gasteiger partial charge on any atom is -0.343 e. The first-order valence-corrected chi connectivity index (χ1v) is 14.2. The summed E-state index contributed by atoms with van der Waals surface area (Å²) in [5, 5.41) is 0. The van der Waals surface area contributed by atoms with Crippen LogP contribution in [0.1, 0.15) is 56.4 Å². The Labute approximate surface area is 236 Å². The lowest BCUT2D eigenvalue weighted by Gasteiger charge is -2.38. The van der Waals surface area contributed by atoms with Crippen molar-refractivity contribution in [2.75, 3.05) is 11.9 Å². The van der Waals surface area contributed by atoms with Gasteiger partial charge in [0.1, 0.15) is 0 Å². The van der Waals surface area contributed by atoms with Gasteiger partial charge in [-0.1, -0.05) is 88.4 Å². The monoisotopic (exact) mass is 516 g/mol. The van der Waals surface area contributed by atoms with Gasteiger partial charge in [0.15, 0.2) is 0 Å². The van der Waals surface area contributed by atoms with Crippen molar-refractivity contribution in [2.24, 2.45) is 22.7 Å². The van der Waals surface area contributed by atoms with Crippen molar-refractivity contribution in [1.82, 2.24) is 0 Å². The van der Waals surface area contributed by atoms with Crippen LogP contribution in [0.15, 0.2) is 101 Å². The van der Waals surface area contributed by atoms with Crippen molar-refractivity contribution in [3.63, 3.8) is 0 Å². The lowest BCUT2D eigenvalue weighted by atomic mass is 9.72. The van der Waals surface area contributed by atoms with Crippen LogP contribution in [-0.4, -0.2) is 13.8 Å². The number of aliphatic imine (C=N–C) groups is 1. The molecular weight excluding hydrogens is 472 g/mol. The van der Waals surface area contributed by atoms with Gasteiger partial charge in [-0.15, -0.1) is 0 Å². The molecule has 0 spiro atoms. The summed E-state index contributed by atoms with van der Waals surface area (Å²) in [7, 11) is 2.20. The summed E-state index contributed by atoms with van der Waals surface area (Å²) < 4.78 is 0. The molecule has 2 nitrogen and oxygen atoms in total. The first-order valence-electron chi connectivity index (χ1n) is 14.2. The highest BCUT2D eigenvalue weighted by atomic mass is 15.1. The van der Waals surface area contributed by atoms with Crippen molar-refractivity contribution in [1.29, 1.82) is 0 Å². The van der Waals surface area contributed by atoms with E-state index >= 15 is 0 Å². The van der Waals surface area contributed by atoms with Crippen molar-refractivity contribution in [3.05, 3.63) is 118 Å². The summed E-state index contributed by atoms with van der Waals surface area (Å²) in [4.78, 5) is 6.73. The van der Waals surface area contributed by atoms with Gasteiger partial charge < -0.3 is 4.90 Å². The Hall–Kier alpha value is -3.65. The third-order valence-corrected chi connectivity index (χ3v) is 8.28. The highest BCUT2D eigenvalue weighted by molar-refractivity contribution is 5.84. The zero-order chi connectivity index (χ0) is 28.3. The molecule has 0 heterocycles. The number of aryl methyl sites for hydroxylation is 3. The SMILES string of the molecule is C=N/C=C(/C1=C(C(C)C)C=C(c2ccccc2)CC1C(C)C)N(C)c1cc(C)c(C)cc1-c1ccccc1C. The Balaban J connectivity index is 1.96. The Morgan fingerprint density at radius 3 is 2.13 bits per heavy atom. The Morgan fingerprint density at radius 1 is 0.872 bits per heavy atom. The van der Waals surface area contributed by atoms with Gasteiger partial charge in [-0.3, -0.25) is 4.99 Å². The molecule has 0 aromatic heterocycles. The average molecular weight is 517 g/mol. The van der Waals surface area contributed by atoms with Crippen LogP contribution in [0.3, 0.4) is 0 Å². The molecule has 2 heteroatoms. The summed E-state index contributed by atoms with van der Waals surface area (Å²) in [5.74, 6) is 1.21. The van der Waals surface area contributed by atoms with Gasteiger partial charge in [-0.25, -0.2) is 0 Å². The Kier molecular flexibility index (Phi) is 8.75. The largest absolute Gasteiger partial charge is 0.343 e. The van der Waals surface area contributed by atoms with Crippen molar-refractivity contribution in [2.45, 2.75) is 54.9 Å². The normalized spacial score (nSPS) is 16.1. The molecule has 0 radical (unpaired) electrons. The van der Waals surface area contributed by atoms with Crippen molar-refractivity contribution < 1.29 is 0 Å². The van der Waals surface area contributed by atoms with Crippen LogP contribution in [-0.2, 0) is 0 Å². The summed E-state index contributed by atoms with van der Waals surface area (Å²) in [5.41, 5.74) is 14.2. The van der Waals surface area contributed by atoms with Gasteiger partial charge in [0, 0.05) is 18.3 Å². The van der Waals surface area contributed by atoms with Crippen LogP contribution in [0.2, 0.25) is 0 Å². The van der Waals surface area contributed by atoms with Gasteiger partial charge in [0.25, 0.3) is 0 Å². The van der Waals surface area contributed by atoms with Crippen molar-refractivity contribution in [3.8, 4) is 11.1 Å². The molecule has 0 N–H and O–H groups in total. The fourth-order valence-corrected chi connectivity index (χ4v) is 5.84. The van der Waals surface area contributed by atoms with Crippen LogP contribution in [0.5, 0.6) is 0 Å². The summed E-state index contributed by atoms with van der Waals surface area (Å²) >= 11 is 0. The highest BCUT2D eigenvalue weighted by Crippen LogP contribution is 2.46. The van der Waals surface area contributed by atoms with Gasteiger partial charge in [0.05, 0.1) is 11.9 Å². The molecule has 0 amide bonds. The van der Waals surface area contributed by atoms with E-state index in [0.717, 1.165) is 12.1 Å². The molecule has 39 heavy (non-hydrogen) atoms. The quantitative estimate of drug-likeness (QED) is 0.272. The van der Waals surface area contributed by atoms with Crippen LogP contribution in [0, 0.1) is 38.5 Å². The van der Waals surface area contributed by atoms with Crippen LogP contribution >= 0.6 is 0 Å². The standard InChI is InChI=1S/C37H44N2/c1-24(2)32-21-30(29-16-11-10-12-17-29)22-33(25(3)4)37(32)36(23-38-8)39(9)35-20-28(7)27(6)19-34(35)31-18-14-13-15-26(31)5/h10-21,23-25,33H,8,22H2,1-7,9H3/b36-23-. The first kappa shape index (κ1) is 28.4. The maximum atomic E-state index is 4.37. The second-order valence-corrected chi connectivity index (χ2v) is 11.6. The van der Waals surface area contributed by atoms with E-state index in [1.165, 1.54) is 55.8 Å². The zero-order valence-corrected chi connectivity index (χ0v) is 25.0.